The summed E-state index contributed by atoms with van der Waals surface area (Å²) in [5.74, 6) is -0.206. The maximum Gasteiger partial charge on any atom is 0.322 e. The molecule has 0 radical (unpaired) electrons. The van der Waals surface area contributed by atoms with E-state index in [-0.39, 0.29) is 18.1 Å². The highest BCUT2D eigenvalue weighted by atomic mass is 35.5. The lowest BCUT2D eigenvalue weighted by Gasteiger charge is -2.21. The molecular weight excluding hydrogens is 262 g/mol. The zero-order valence-corrected chi connectivity index (χ0v) is 12.5. The van der Waals surface area contributed by atoms with Crippen LogP contribution >= 0.6 is 11.6 Å². The Morgan fingerprint density at radius 2 is 2.21 bits per heavy atom. The average molecular weight is 284 g/mol. The summed E-state index contributed by atoms with van der Waals surface area (Å²) in [5, 5.41) is 4.02. The first-order chi connectivity index (χ1) is 9.08. The molecule has 0 heterocycles. The van der Waals surface area contributed by atoms with Crippen LogP contribution in [0.3, 0.4) is 0 Å². The second kappa shape index (κ2) is 8.18. The molecule has 4 heteroatoms. The Labute approximate surface area is 120 Å². The molecule has 0 fully saturated rings. The summed E-state index contributed by atoms with van der Waals surface area (Å²) in [6, 6.07) is 7.45. The third-order valence-electron chi connectivity index (χ3n) is 3.13. The van der Waals surface area contributed by atoms with Gasteiger partial charge in [-0.1, -0.05) is 43.5 Å². The molecule has 0 aliphatic carbocycles. The number of benzene rings is 1. The van der Waals surface area contributed by atoms with Gasteiger partial charge in [-0.05, 0) is 31.0 Å². The predicted octanol–water partition coefficient (Wildman–Crippen LogP) is 3.72. The number of methoxy groups -OCH3 is 1. The summed E-state index contributed by atoms with van der Waals surface area (Å²) < 4.78 is 4.84. The Morgan fingerprint density at radius 3 is 2.79 bits per heavy atom. The molecule has 0 saturated carbocycles. The maximum absolute atomic E-state index is 11.7. The van der Waals surface area contributed by atoms with Crippen LogP contribution in [0.4, 0.5) is 0 Å². The Bertz CT molecular complexity index is 409. The van der Waals surface area contributed by atoms with Crippen LogP contribution in [0.15, 0.2) is 24.3 Å². The summed E-state index contributed by atoms with van der Waals surface area (Å²) in [4.78, 5) is 11.7. The van der Waals surface area contributed by atoms with Gasteiger partial charge in [-0.2, -0.15) is 0 Å². The number of unbranched alkanes of at least 4 members (excludes halogenated alkanes) is 1. The van der Waals surface area contributed by atoms with E-state index < -0.39 is 0 Å². The van der Waals surface area contributed by atoms with Gasteiger partial charge in [0, 0.05) is 11.1 Å². The van der Waals surface area contributed by atoms with E-state index in [1.807, 2.05) is 31.2 Å². The molecular formula is C15H22ClNO2. The van der Waals surface area contributed by atoms with Crippen molar-refractivity contribution < 1.29 is 9.53 Å². The summed E-state index contributed by atoms with van der Waals surface area (Å²) >= 11 is 5.98. The molecule has 3 nitrogen and oxygen atoms in total. The number of ether oxygens (including phenoxy) is 1. The van der Waals surface area contributed by atoms with Crippen LogP contribution in [0.25, 0.3) is 0 Å². The molecule has 19 heavy (non-hydrogen) atoms. The van der Waals surface area contributed by atoms with Gasteiger partial charge in [0.1, 0.15) is 6.04 Å². The third kappa shape index (κ3) is 5.21. The van der Waals surface area contributed by atoms with Gasteiger partial charge in [-0.3, -0.25) is 10.1 Å². The van der Waals surface area contributed by atoms with Crippen LogP contribution in [0.5, 0.6) is 0 Å². The molecule has 0 bridgehead atoms. The number of rotatable bonds is 7. The average Bonchev–Trinajstić information content (AvgIpc) is 2.42. The van der Waals surface area contributed by atoms with Gasteiger partial charge < -0.3 is 4.74 Å². The predicted molar refractivity (Wildman–Crippen MR) is 78.3 cm³/mol. The highest BCUT2D eigenvalue weighted by Gasteiger charge is 2.21. The lowest BCUT2D eigenvalue weighted by atomic mass is 10.0. The van der Waals surface area contributed by atoms with E-state index in [0.29, 0.717) is 5.02 Å². The van der Waals surface area contributed by atoms with Gasteiger partial charge in [-0.25, -0.2) is 0 Å². The van der Waals surface area contributed by atoms with E-state index in [0.717, 1.165) is 24.8 Å². The van der Waals surface area contributed by atoms with Crippen molar-refractivity contribution >= 4 is 17.6 Å². The van der Waals surface area contributed by atoms with Crippen molar-refractivity contribution in [2.75, 3.05) is 7.11 Å². The fraction of sp³-hybridized carbons (Fsp3) is 0.533. The van der Waals surface area contributed by atoms with Crippen molar-refractivity contribution in [3.05, 3.63) is 34.9 Å². The van der Waals surface area contributed by atoms with Crippen LogP contribution in [-0.4, -0.2) is 19.1 Å². The lowest BCUT2D eigenvalue weighted by molar-refractivity contribution is -0.143. The molecule has 1 aromatic rings. The summed E-state index contributed by atoms with van der Waals surface area (Å²) in [5.41, 5.74) is 1.07. The summed E-state index contributed by atoms with van der Waals surface area (Å²) in [6.45, 7) is 4.13. The fourth-order valence-corrected chi connectivity index (χ4v) is 2.19. The van der Waals surface area contributed by atoms with E-state index in [1.165, 1.54) is 7.11 Å². The third-order valence-corrected chi connectivity index (χ3v) is 3.37. The highest BCUT2D eigenvalue weighted by molar-refractivity contribution is 6.30. The first-order valence-corrected chi connectivity index (χ1v) is 7.05. The molecule has 106 valence electrons. The molecule has 0 aliphatic heterocycles. The van der Waals surface area contributed by atoms with Gasteiger partial charge in [-0.15, -0.1) is 0 Å². The SMILES string of the molecule is CCCCC(N[C@H](C)c1cccc(Cl)c1)C(=O)OC. The van der Waals surface area contributed by atoms with Gasteiger partial charge in [0.15, 0.2) is 0 Å². The number of hydrogen-bond donors (Lipinski definition) is 1. The lowest BCUT2D eigenvalue weighted by Crippen LogP contribution is -2.39. The van der Waals surface area contributed by atoms with E-state index in [2.05, 4.69) is 12.2 Å². The maximum atomic E-state index is 11.7. The number of esters is 1. The second-order valence-corrected chi connectivity index (χ2v) is 5.10. The highest BCUT2D eigenvalue weighted by Crippen LogP contribution is 2.18. The van der Waals surface area contributed by atoms with E-state index in [4.69, 9.17) is 16.3 Å². The first kappa shape index (κ1) is 16.0. The quantitative estimate of drug-likeness (QED) is 0.775. The second-order valence-electron chi connectivity index (χ2n) is 4.66. The summed E-state index contributed by atoms with van der Waals surface area (Å²) in [6.07, 6.45) is 2.84. The topological polar surface area (TPSA) is 38.3 Å². The molecule has 2 atom stereocenters. The van der Waals surface area contributed by atoms with Gasteiger partial charge in [0.25, 0.3) is 0 Å². The van der Waals surface area contributed by atoms with Crippen LogP contribution in [0, 0.1) is 0 Å². The van der Waals surface area contributed by atoms with Crippen LogP contribution in [0.2, 0.25) is 5.02 Å². The number of nitrogens with one attached hydrogen (secondary N) is 1. The minimum absolute atomic E-state index is 0.0552. The van der Waals surface area contributed by atoms with E-state index in [9.17, 15) is 4.79 Å². The molecule has 0 saturated heterocycles. The molecule has 1 N–H and O–H groups in total. The van der Waals surface area contributed by atoms with Crippen molar-refractivity contribution in [3.8, 4) is 0 Å². The Morgan fingerprint density at radius 1 is 1.47 bits per heavy atom. The molecule has 0 aromatic heterocycles. The minimum Gasteiger partial charge on any atom is -0.468 e. The minimum atomic E-state index is -0.265. The van der Waals surface area contributed by atoms with Gasteiger partial charge in [0.2, 0.25) is 0 Å². The smallest absolute Gasteiger partial charge is 0.322 e. The molecule has 1 rings (SSSR count). The number of carbonyl (C=O) groups is 1. The standard InChI is InChI=1S/C15H22ClNO2/c1-4-5-9-14(15(18)19-3)17-11(2)12-7-6-8-13(16)10-12/h6-8,10-11,14,17H,4-5,9H2,1-3H3/t11-,14?/m1/s1. The largest absolute Gasteiger partial charge is 0.468 e. The van der Waals surface area contributed by atoms with Crippen LogP contribution in [0.1, 0.15) is 44.7 Å². The zero-order valence-electron chi connectivity index (χ0n) is 11.8. The number of carbonyl (C=O) groups excluding carboxylic acids is 1. The Hall–Kier alpha value is -1.06. The van der Waals surface area contributed by atoms with Crippen molar-refractivity contribution in [2.24, 2.45) is 0 Å². The van der Waals surface area contributed by atoms with Crippen molar-refractivity contribution in [1.29, 1.82) is 0 Å². The zero-order chi connectivity index (χ0) is 14.3. The molecule has 0 spiro atoms. The number of hydrogen-bond acceptors (Lipinski definition) is 3. The van der Waals surface area contributed by atoms with Crippen LogP contribution in [-0.2, 0) is 9.53 Å². The Balaban J connectivity index is 2.69. The monoisotopic (exact) mass is 283 g/mol. The molecule has 0 amide bonds. The van der Waals surface area contributed by atoms with Crippen molar-refractivity contribution in [3.63, 3.8) is 0 Å². The van der Waals surface area contributed by atoms with Crippen molar-refractivity contribution in [2.45, 2.75) is 45.2 Å². The number of halogens is 1. The first-order valence-electron chi connectivity index (χ1n) is 6.67. The molecule has 1 aromatic carbocycles. The molecule has 1 unspecified atom stereocenters. The molecule has 0 aliphatic rings. The Kier molecular flexibility index (Phi) is 6.89. The van der Waals surface area contributed by atoms with E-state index >= 15 is 0 Å². The normalized spacial score (nSPS) is 13.9. The summed E-state index contributed by atoms with van der Waals surface area (Å²) in [7, 11) is 1.42. The van der Waals surface area contributed by atoms with Crippen LogP contribution < -0.4 is 5.32 Å². The van der Waals surface area contributed by atoms with Crippen molar-refractivity contribution in [1.82, 2.24) is 5.32 Å². The van der Waals surface area contributed by atoms with E-state index in [1.54, 1.807) is 0 Å². The fourth-order valence-electron chi connectivity index (χ4n) is 1.99. The van der Waals surface area contributed by atoms with Gasteiger partial charge in [0.05, 0.1) is 7.11 Å². The van der Waals surface area contributed by atoms with Gasteiger partial charge >= 0.3 is 5.97 Å².